The maximum atomic E-state index is 12.3. The maximum Gasteiger partial charge on any atom is 0.263 e. The summed E-state index contributed by atoms with van der Waals surface area (Å²) in [6, 6.07) is 13.8. The summed E-state index contributed by atoms with van der Waals surface area (Å²) in [6.07, 6.45) is 3.44. The van der Waals surface area contributed by atoms with Crippen LogP contribution in [0.25, 0.3) is 10.6 Å². The molecule has 138 valence electrons. The molecule has 2 aromatic heterocycles. The molecule has 1 N–H and O–H groups in total. The molecule has 3 aromatic rings. The van der Waals surface area contributed by atoms with Crippen LogP contribution in [-0.4, -0.2) is 42.2 Å². The summed E-state index contributed by atoms with van der Waals surface area (Å²) in [5.74, 6) is 0.833. The summed E-state index contributed by atoms with van der Waals surface area (Å²) in [4.78, 5) is 24.1. The van der Waals surface area contributed by atoms with Crippen molar-refractivity contribution in [2.75, 3.05) is 31.2 Å². The lowest BCUT2D eigenvalue weighted by atomic mass is 10.2. The number of carbonyl (C=O) groups is 1. The van der Waals surface area contributed by atoms with E-state index in [-0.39, 0.29) is 5.91 Å². The molecule has 27 heavy (non-hydrogen) atoms. The van der Waals surface area contributed by atoms with Crippen molar-refractivity contribution in [2.45, 2.75) is 6.54 Å². The monoisotopic (exact) mass is 380 g/mol. The van der Waals surface area contributed by atoms with Gasteiger partial charge in [0.05, 0.1) is 19.4 Å². The molecular weight excluding hydrogens is 360 g/mol. The third kappa shape index (κ3) is 4.32. The van der Waals surface area contributed by atoms with Crippen LogP contribution in [-0.2, 0) is 11.3 Å². The predicted octanol–water partition coefficient (Wildman–Crippen LogP) is 2.97. The quantitative estimate of drug-likeness (QED) is 0.737. The van der Waals surface area contributed by atoms with Gasteiger partial charge >= 0.3 is 0 Å². The van der Waals surface area contributed by atoms with Crippen LogP contribution >= 0.6 is 11.3 Å². The molecule has 0 saturated carbocycles. The van der Waals surface area contributed by atoms with Crippen molar-refractivity contribution < 1.29 is 9.53 Å². The number of hydrogen-bond acceptors (Lipinski definition) is 6. The van der Waals surface area contributed by atoms with Crippen molar-refractivity contribution in [2.24, 2.45) is 0 Å². The first-order valence-electron chi connectivity index (χ1n) is 8.87. The molecular formula is C20H20N4O2S. The van der Waals surface area contributed by atoms with E-state index in [4.69, 9.17) is 4.74 Å². The second-order valence-corrected chi connectivity index (χ2v) is 7.23. The van der Waals surface area contributed by atoms with E-state index in [9.17, 15) is 4.79 Å². The number of hydrogen-bond donors (Lipinski definition) is 1. The Morgan fingerprint density at radius 2 is 1.89 bits per heavy atom. The zero-order valence-electron chi connectivity index (χ0n) is 14.8. The molecule has 1 fully saturated rings. The summed E-state index contributed by atoms with van der Waals surface area (Å²) < 4.78 is 5.37. The average Bonchev–Trinajstić information content (AvgIpc) is 3.24. The van der Waals surface area contributed by atoms with Crippen molar-refractivity contribution in [1.82, 2.24) is 15.3 Å². The number of anilines is 1. The normalized spacial score (nSPS) is 14.1. The number of rotatable bonds is 5. The van der Waals surface area contributed by atoms with Crippen molar-refractivity contribution in [3.63, 3.8) is 0 Å². The zero-order chi connectivity index (χ0) is 18.5. The molecule has 1 aliphatic heterocycles. The molecule has 0 unspecified atom stereocenters. The van der Waals surface area contributed by atoms with E-state index in [0.29, 0.717) is 11.4 Å². The Kier molecular flexibility index (Phi) is 5.41. The second-order valence-electron chi connectivity index (χ2n) is 6.20. The van der Waals surface area contributed by atoms with Gasteiger partial charge in [-0.05, 0) is 17.7 Å². The fourth-order valence-electron chi connectivity index (χ4n) is 2.87. The summed E-state index contributed by atoms with van der Waals surface area (Å²) in [7, 11) is 0. The van der Waals surface area contributed by atoms with Gasteiger partial charge in [-0.1, -0.05) is 30.3 Å². The van der Waals surface area contributed by atoms with Gasteiger partial charge in [0.2, 0.25) is 0 Å². The minimum atomic E-state index is -0.111. The van der Waals surface area contributed by atoms with Gasteiger partial charge in [-0.3, -0.25) is 4.79 Å². The van der Waals surface area contributed by atoms with Crippen LogP contribution in [0.15, 0.2) is 54.9 Å². The van der Waals surface area contributed by atoms with Crippen molar-refractivity contribution >= 4 is 23.1 Å². The Hall–Kier alpha value is -2.77. The Morgan fingerprint density at radius 1 is 1.07 bits per heavy atom. The van der Waals surface area contributed by atoms with E-state index in [1.807, 2.05) is 48.7 Å². The number of benzene rings is 1. The molecule has 1 aliphatic rings. The Morgan fingerprint density at radius 3 is 2.63 bits per heavy atom. The number of nitrogens with zero attached hydrogens (tertiary/aromatic N) is 3. The molecule has 1 aromatic carbocycles. The molecule has 3 heterocycles. The molecule has 1 saturated heterocycles. The number of pyridine rings is 1. The van der Waals surface area contributed by atoms with Gasteiger partial charge in [-0.25, -0.2) is 9.97 Å². The second kappa shape index (κ2) is 8.28. The van der Waals surface area contributed by atoms with Gasteiger partial charge in [0.25, 0.3) is 5.91 Å². The number of ether oxygens (including phenoxy) is 1. The summed E-state index contributed by atoms with van der Waals surface area (Å²) in [5, 5.41) is 3.72. The highest BCUT2D eigenvalue weighted by atomic mass is 32.1. The van der Waals surface area contributed by atoms with E-state index in [2.05, 4.69) is 20.2 Å². The van der Waals surface area contributed by atoms with E-state index in [0.717, 1.165) is 48.3 Å². The van der Waals surface area contributed by atoms with E-state index in [1.165, 1.54) is 11.3 Å². The van der Waals surface area contributed by atoms with Crippen LogP contribution in [0.1, 0.15) is 15.2 Å². The van der Waals surface area contributed by atoms with Gasteiger partial charge in [0.15, 0.2) is 0 Å². The Labute approximate surface area is 161 Å². The highest BCUT2D eigenvalue weighted by Crippen LogP contribution is 2.26. The molecule has 7 heteroatoms. The van der Waals surface area contributed by atoms with Gasteiger partial charge in [-0.2, -0.15) is 0 Å². The van der Waals surface area contributed by atoms with E-state index < -0.39 is 0 Å². The Balaban J connectivity index is 1.40. The molecule has 1 amide bonds. The van der Waals surface area contributed by atoms with Crippen LogP contribution < -0.4 is 10.2 Å². The lowest BCUT2D eigenvalue weighted by Gasteiger charge is -2.27. The summed E-state index contributed by atoms with van der Waals surface area (Å²) >= 11 is 1.37. The van der Waals surface area contributed by atoms with E-state index >= 15 is 0 Å². The van der Waals surface area contributed by atoms with Crippen LogP contribution in [0, 0.1) is 0 Å². The third-order valence-corrected chi connectivity index (χ3v) is 5.40. The molecule has 0 atom stereocenters. The molecule has 6 nitrogen and oxygen atoms in total. The lowest BCUT2D eigenvalue weighted by molar-refractivity contribution is 0.0954. The SMILES string of the molecule is O=C(NCc1ccccc1)c1cnc(-c2ccc(N3CCOCC3)nc2)s1. The van der Waals surface area contributed by atoms with Crippen LogP contribution in [0.3, 0.4) is 0 Å². The molecule has 0 bridgehead atoms. The summed E-state index contributed by atoms with van der Waals surface area (Å²) in [5.41, 5.74) is 1.98. The minimum Gasteiger partial charge on any atom is -0.378 e. The fourth-order valence-corrected chi connectivity index (χ4v) is 3.69. The van der Waals surface area contributed by atoms with Crippen LogP contribution in [0.2, 0.25) is 0 Å². The molecule has 4 rings (SSSR count). The molecule has 0 spiro atoms. The number of morpholine rings is 1. The van der Waals surface area contributed by atoms with Gasteiger partial charge in [0.1, 0.15) is 15.7 Å². The van der Waals surface area contributed by atoms with Gasteiger partial charge in [0, 0.05) is 31.4 Å². The zero-order valence-corrected chi connectivity index (χ0v) is 15.6. The first kappa shape index (κ1) is 17.6. The summed E-state index contributed by atoms with van der Waals surface area (Å²) in [6.45, 7) is 3.68. The predicted molar refractivity (Wildman–Crippen MR) is 106 cm³/mol. The highest BCUT2D eigenvalue weighted by molar-refractivity contribution is 7.16. The number of nitrogens with one attached hydrogen (secondary N) is 1. The number of aromatic nitrogens is 2. The smallest absolute Gasteiger partial charge is 0.263 e. The van der Waals surface area contributed by atoms with Crippen molar-refractivity contribution in [1.29, 1.82) is 0 Å². The first-order chi connectivity index (χ1) is 13.3. The fraction of sp³-hybridized carbons (Fsp3) is 0.250. The average molecular weight is 380 g/mol. The number of thiazole rings is 1. The van der Waals surface area contributed by atoms with Crippen molar-refractivity contribution in [3.05, 3.63) is 65.3 Å². The standard InChI is InChI=1S/C20H20N4O2S/c25-19(22-12-15-4-2-1-3-5-15)17-14-23-20(27-17)16-6-7-18(21-13-16)24-8-10-26-11-9-24/h1-7,13-14H,8-12H2,(H,22,25). The third-order valence-electron chi connectivity index (χ3n) is 4.36. The topological polar surface area (TPSA) is 67.4 Å². The first-order valence-corrected chi connectivity index (χ1v) is 9.68. The van der Waals surface area contributed by atoms with Crippen LogP contribution in [0.4, 0.5) is 5.82 Å². The van der Waals surface area contributed by atoms with Crippen molar-refractivity contribution in [3.8, 4) is 10.6 Å². The van der Waals surface area contributed by atoms with Crippen LogP contribution in [0.5, 0.6) is 0 Å². The van der Waals surface area contributed by atoms with E-state index in [1.54, 1.807) is 6.20 Å². The molecule has 0 radical (unpaired) electrons. The largest absolute Gasteiger partial charge is 0.378 e. The minimum absolute atomic E-state index is 0.111. The number of carbonyl (C=O) groups excluding carboxylic acids is 1. The number of amides is 1. The Bertz CT molecular complexity index is 890. The van der Waals surface area contributed by atoms with Gasteiger partial charge < -0.3 is 15.0 Å². The highest BCUT2D eigenvalue weighted by Gasteiger charge is 2.14. The molecule has 0 aliphatic carbocycles. The van der Waals surface area contributed by atoms with Gasteiger partial charge in [-0.15, -0.1) is 11.3 Å². The lowest BCUT2D eigenvalue weighted by Crippen LogP contribution is -2.36. The maximum absolute atomic E-state index is 12.3.